The number of carbonyl (C=O) groups excluding carboxylic acids is 1. The molecule has 1 aliphatic rings. The highest BCUT2D eigenvalue weighted by molar-refractivity contribution is 7.89. The Morgan fingerprint density at radius 1 is 1.16 bits per heavy atom. The fourth-order valence-corrected chi connectivity index (χ4v) is 6.06. The number of halogens is 1. The Kier molecular flexibility index (Phi) is 6.63. The molecule has 2 unspecified atom stereocenters. The van der Waals surface area contributed by atoms with Crippen LogP contribution in [0.3, 0.4) is 0 Å². The molecule has 9 nitrogen and oxygen atoms in total. The van der Waals surface area contributed by atoms with Gasteiger partial charge in [0.05, 0.1) is 27.9 Å². The van der Waals surface area contributed by atoms with Gasteiger partial charge in [-0.3, -0.25) is 10.1 Å². The second-order valence-electron chi connectivity index (χ2n) is 7.44. The molecule has 3 aromatic rings. The van der Waals surface area contributed by atoms with Crippen LogP contribution in [0.2, 0.25) is 4.34 Å². The third-order valence-corrected chi connectivity index (χ3v) is 7.86. The fraction of sp³-hybridized carbons (Fsp3) is 0.350. The number of nitrogens with zero attached hydrogens (tertiary/aromatic N) is 3. The van der Waals surface area contributed by atoms with Crippen molar-refractivity contribution in [3.05, 3.63) is 57.1 Å². The highest BCUT2D eigenvalue weighted by atomic mass is 35.5. The molecule has 170 valence electrons. The molecule has 0 radical (unpaired) electrons. The van der Waals surface area contributed by atoms with Crippen molar-refractivity contribution in [1.29, 1.82) is 0 Å². The number of thiophene rings is 1. The third kappa shape index (κ3) is 5.18. The first-order valence-corrected chi connectivity index (χ1v) is 12.5. The molecule has 1 fully saturated rings. The molecule has 4 rings (SSSR count). The Morgan fingerprint density at radius 2 is 1.84 bits per heavy atom. The van der Waals surface area contributed by atoms with E-state index in [-0.39, 0.29) is 41.8 Å². The number of anilines is 1. The van der Waals surface area contributed by atoms with E-state index in [4.69, 9.17) is 20.8 Å². The zero-order valence-corrected chi connectivity index (χ0v) is 19.7. The van der Waals surface area contributed by atoms with Crippen LogP contribution < -0.4 is 5.32 Å². The monoisotopic (exact) mass is 496 g/mol. The number of rotatable bonds is 6. The Morgan fingerprint density at radius 3 is 2.47 bits per heavy atom. The molecule has 1 aromatic carbocycles. The third-order valence-electron chi connectivity index (χ3n) is 4.78. The minimum Gasteiger partial charge on any atom is -0.407 e. The number of sulfonamides is 1. The van der Waals surface area contributed by atoms with Crippen molar-refractivity contribution in [3.8, 4) is 0 Å². The number of morpholine rings is 1. The van der Waals surface area contributed by atoms with Crippen LogP contribution in [-0.4, -0.2) is 54.1 Å². The van der Waals surface area contributed by atoms with E-state index in [1.165, 1.54) is 39.9 Å². The number of hydrogen-bond acceptors (Lipinski definition) is 8. The van der Waals surface area contributed by atoms with Crippen LogP contribution in [0.15, 0.2) is 45.7 Å². The zero-order chi connectivity index (χ0) is 22.9. The van der Waals surface area contributed by atoms with E-state index in [1.54, 1.807) is 6.07 Å². The number of nitrogens with one attached hydrogen (secondary N) is 1. The molecular formula is C20H21ClN4O5S2. The normalized spacial score (nSPS) is 19.7. The molecule has 0 saturated carbocycles. The second kappa shape index (κ2) is 9.28. The summed E-state index contributed by atoms with van der Waals surface area (Å²) in [5.41, 5.74) is 0.262. The SMILES string of the molecule is CC1CN(S(=O)(=O)c2ccc(C(=O)Nc3nnc(Cc4ccc(Cl)s4)o3)cc2)CC(C)O1. The summed E-state index contributed by atoms with van der Waals surface area (Å²) in [7, 11) is -3.68. The van der Waals surface area contributed by atoms with E-state index >= 15 is 0 Å². The van der Waals surface area contributed by atoms with Crippen LogP contribution in [-0.2, 0) is 21.2 Å². The largest absolute Gasteiger partial charge is 0.407 e. The molecule has 12 heteroatoms. The highest BCUT2D eigenvalue weighted by Gasteiger charge is 2.32. The Balaban J connectivity index is 1.41. The molecule has 0 aliphatic carbocycles. The quantitative estimate of drug-likeness (QED) is 0.556. The number of aromatic nitrogens is 2. The molecular weight excluding hydrogens is 476 g/mol. The number of amides is 1. The summed E-state index contributed by atoms with van der Waals surface area (Å²) in [4.78, 5) is 13.6. The topological polar surface area (TPSA) is 115 Å². The van der Waals surface area contributed by atoms with Crippen molar-refractivity contribution >= 4 is 44.9 Å². The van der Waals surface area contributed by atoms with Gasteiger partial charge in [0.15, 0.2) is 0 Å². The smallest absolute Gasteiger partial charge is 0.322 e. The zero-order valence-electron chi connectivity index (χ0n) is 17.3. The predicted molar refractivity (Wildman–Crippen MR) is 120 cm³/mol. The number of benzene rings is 1. The van der Waals surface area contributed by atoms with Gasteiger partial charge >= 0.3 is 6.01 Å². The summed E-state index contributed by atoms with van der Waals surface area (Å²) < 4.78 is 39.0. The van der Waals surface area contributed by atoms with Crippen LogP contribution in [0, 0.1) is 0 Å². The molecule has 2 aromatic heterocycles. The van der Waals surface area contributed by atoms with Gasteiger partial charge in [0.25, 0.3) is 5.91 Å². The molecule has 1 N–H and O–H groups in total. The van der Waals surface area contributed by atoms with Gasteiger partial charge < -0.3 is 9.15 Å². The summed E-state index contributed by atoms with van der Waals surface area (Å²) in [6.45, 7) is 4.24. The maximum Gasteiger partial charge on any atom is 0.322 e. The molecule has 1 aliphatic heterocycles. The summed E-state index contributed by atoms with van der Waals surface area (Å²) in [5.74, 6) is -0.147. The lowest BCUT2D eigenvalue weighted by atomic mass is 10.2. The lowest BCUT2D eigenvalue weighted by Gasteiger charge is -2.34. The molecule has 1 amide bonds. The summed E-state index contributed by atoms with van der Waals surface area (Å²) >= 11 is 7.32. The van der Waals surface area contributed by atoms with Gasteiger partial charge in [-0.25, -0.2) is 8.42 Å². The predicted octanol–water partition coefficient (Wildman–Crippen LogP) is 3.43. The van der Waals surface area contributed by atoms with E-state index in [0.29, 0.717) is 16.6 Å². The summed E-state index contributed by atoms with van der Waals surface area (Å²) in [5, 5.41) is 10.3. The van der Waals surface area contributed by atoms with E-state index in [9.17, 15) is 13.2 Å². The second-order valence-corrected chi connectivity index (χ2v) is 11.2. The van der Waals surface area contributed by atoms with Gasteiger partial charge in [0.2, 0.25) is 15.9 Å². The van der Waals surface area contributed by atoms with Crippen molar-refractivity contribution in [2.45, 2.75) is 37.4 Å². The standard InChI is InChI=1S/C20H21ClN4O5S2/c1-12-10-25(11-13(2)29-12)32(27,28)16-6-3-14(4-7-16)19(26)22-20-24-23-18(30-20)9-15-5-8-17(21)31-15/h3-8,12-13H,9-11H2,1-2H3,(H,22,24,26). The van der Waals surface area contributed by atoms with Crippen molar-refractivity contribution in [2.24, 2.45) is 0 Å². The first kappa shape index (κ1) is 22.9. The Hall–Kier alpha value is -2.31. The van der Waals surface area contributed by atoms with Crippen LogP contribution in [0.25, 0.3) is 0 Å². The van der Waals surface area contributed by atoms with Gasteiger partial charge in [0, 0.05) is 23.5 Å². The summed E-state index contributed by atoms with van der Waals surface area (Å²) in [6.07, 6.45) is 0.0373. The number of carbonyl (C=O) groups is 1. The first-order chi connectivity index (χ1) is 15.2. The van der Waals surface area contributed by atoms with Crippen LogP contribution in [0.4, 0.5) is 6.01 Å². The van der Waals surface area contributed by atoms with Crippen molar-refractivity contribution < 1.29 is 22.4 Å². The van der Waals surface area contributed by atoms with Crippen LogP contribution >= 0.6 is 22.9 Å². The molecule has 1 saturated heterocycles. The van der Waals surface area contributed by atoms with Crippen LogP contribution in [0.5, 0.6) is 0 Å². The van der Waals surface area contributed by atoms with Crippen LogP contribution in [0.1, 0.15) is 35.0 Å². The van der Waals surface area contributed by atoms with E-state index in [2.05, 4.69) is 15.5 Å². The van der Waals surface area contributed by atoms with E-state index in [0.717, 1.165) is 4.88 Å². The van der Waals surface area contributed by atoms with Gasteiger partial charge in [-0.2, -0.15) is 4.31 Å². The van der Waals surface area contributed by atoms with Gasteiger partial charge in [-0.1, -0.05) is 16.7 Å². The first-order valence-electron chi connectivity index (χ1n) is 9.84. The number of hydrogen-bond donors (Lipinski definition) is 1. The van der Waals surface area contributed by atoms with Gasteiger partial charge in [-0.05, 0) is 50.2 Å². The van der Waals surface area contributed by atoms with Gasteiger partial charge in [-0.15, -0.1) is 16.4 Å². The van der Waals surface area contributed by atoms with Crippen molar-refractivity contribution in [2.75, 3.05) is 18.4 Å². The van der Waals surface area contributed by atoms with Crippen molar-refractivity contribution in [3.63, 3.8) is 0 Å². The Labute approximate surface area is 194 Å². The maximum atomic E-state index is 12.9. The molecule has 0 spiro atoms. The Bertz CT molecular complexity index is 1200. The fourth-order valence-electron chi connectivity index (χ4n) is 3.39. The minimum atomic E-state index is -3.68. The average Bonchev–Trinajstić information content (AvgIpc) is 3.36. The molecule has 3 heterocycles. The van der Waals surface area contributed by atoms with Gasteiger partial charge in [0.1, 0.15) is 0 Å². The lowest BCUT2D eigenvalue weighted by Crippen LogP contribution is -2.48. The lowest BCUT2D eigenvalue weighted by molar-refractivity contribution is -0.0440. The van der Waals surface area contributed by atoms with E-state index in [1.807, 2.05) is 19.9 Å². The minimum absolute atomic E-state index is 0.0411. The molecule has 32 heavy (non-hydrogen) atoms. The number of ether oxygens (including phenoxy) is 1. The van der Waals surface area contributed by atoms with E-state index < -0.39 is 15.9 Å². The highest BCUT2D eigenvalue weighted by Crippen LogP contribution is 2.24. The maximum absolute atomic E-state index is 12.9. The molecule has 0 bridgehead atoms. The summed E-state index contributed by atoms with van der Waals surface area (Å²) in [6, 6.07) is 9.32. The molecule has 2 atom stereocenters. The average molecular weight is 497 g/mol. The van der Waals surface area contributed by atoms with Crippen molar-refractivity contribution in [1.82, 2.24) is 14.5 Å².